The second kappa shape index (κ2) is 45.4. The molecule has 114 heavy (non-hydrogen) atoms. The van der Waals surface area contributed by atoms with E-state index < -0.39 is 0 Å². The number of anilines is 12. The Labute approximate surface area is 687 Å². The van der Waals surface area contributed by atoms with Gasteiger partial charge in [0.25, 0.3) is 0 Å². The number of para-hydroxylation sites is 10. The molecule has 2 saturated carbocycles. The summed E-state index contributed by atoms with van der Waals surface area (Å²) in [7, 11) is 0. The van der Waals surface area contributed by atoms with E-state index in [1.54, 1.807) is 0 Å². The van der Waals surface area contributed by atoms with Crippen molar-refractivity contribution in [1.82, 2.24) is 0 Å². The maximum absolute atomic E-state index is 5.11. The quantitative estimate of drug-likeness (QED) is 0.0361. The first-order chi connectivity index (χ1) is 56.0. The summed E-state index contributed by atoms with van der Waals surface area (Å²) in [5.74, 6) is 0.653. The van der Waals surface area contributed by atoms with E-state index in [-0.39, 0.29) is 17.1 Å². The van der Waals surface area contributed by atoms with Gasteiger partial charge in [-0.3, -0.25) is 0 Å². The monoisotopic (exact) mass is 1530 g/mol. The number of hydrogen-bond donors (Lipinski definition) is 0. The molecule has 2 aliphatic rings. The van der Waals surface area contributed by atoms with Crippen molar-refractivity contribution in [3.63, 3.8) is 0 Å². The summed E-state index contributed by atoms with van der Waals surface area (Å²) in [5.41, 5.74) is 19.4. The van der Waals surface area contributed by atoms with Gasteiger partial charge in [0.15, 0.2) is 0 Å². The standard InChI is InChI=1S/C31H25N3.C25H20N2.C23H25N3.C19H22N2.C5H10.Fe/c1-5-13-27(14-6-1)33(28-15-7-2-8-16-28)29-23-21-26(22-24-29)25-32-34(30-17-9-3-10-18-30)31-19-11-4-12-20-31;1-5-13-21(14-6-1)25(22-15-7-2-8-16-22)26-27(23-17-9-3-10-18-23)24-19-11-4-12-20-24;1-3-25(4-2)21-17-15-20(16-18-21)19-24-26(22-11-7-5-8-12-22)23-13-9-6-10-14-23;1-16(17-10-8-9-11-17)20-21(18-12-4-2-5-13-18)19-14-6-3-7-15-19;1-2-4-5-3-1;/h1-25H;1-20H;5-19H,3-4H2,1-2H3;2-7,12-15,17H,8-11H2,1H3;1-5H2;/b32-25+;;24-19+;20-16+;;. The molecule has 0 heterocycles. The molecule has 0 bridgehead atoms. The van der Waals surface area contributed by atoms with Crippen molar-refractivity contribution in [2.45, 2.75) is 78.6 Å². The molecule has 0 saturated heterocycles. The number of nitrogens with zero attached hydrogens (tertiary/aromatic N) is 10. The molecule has 2 aliphatic carbocycles. The smallest absolute Gasteiger partial charge is 0.0984 e. The molecule has 2 fully saturated rings. The van der Waals surface area contributed by atoms with Crippen molar-refractivity contribution in [1.29, 1.82) is 0 Å². The molecule has 0 amide bonds. The summed E-state index contributed by atoms with van der Waals surface area (Å²) in [5, 5.41) is 27.6. The zero-order valence-corrected chi connectivity index (χ0v) is 66.7. The van der Waals surface area contributed by atoms with Crippen molar-refractivity contribution in [3.05, 3.63) is 435 Å². The predicted molar refractivity (Wildman–Crippen MR) is 483 cm³/mol. The molecule has 0 aliphatic heterocycles. The largest absolute Gasteiger partial charge is 0.372 e. The minimum atomic E-state index is 0. The molecule has 11 heteroatoms. The third-order valence-corrected chi connectivity index (χ3v) is 19.6. The first-order valence-corrected chi connectivity index (χ1v) is 39.7. The van der Waals surface area contributed by atoms with Crippen LogP contribution in [-0.2, 0) is 17.1 Å². The van der Waals surface area contributed by atoms with Crippen LogP contribution in [0.15, 0.2) is 433 Å². The van der Waals surface area contributed by atoms with Crippen LogP contribution in [0.5, 0.6) is 0 Å². The molecule has 14 aromatic carbocycles. The fourth-order valence-electron chi connectivity index (χ4n) is 13.6. The summed E-state index contributed by atoms with van der Waals surface area (Å²) in [6, 6.07) is 140. The van der Waals surface area contributed by atoms with Crippen LogP contribution in [0.2, 0.25) is 0 Å². The maximum Gasteiger partial charge on any atom is 0.0984 e. The van der Waals surface area contributed by atoms with Gasteiger partial charge in [-0.15, -0.1) is 0 Å². The Hall–Kier alpha value is -12.9. The Bertz CT molecular complexity index is 4820. The van der Waals surface area contributed by atoms with Crippen molar-refractivity contribution >= 4 is 92.1 Å². The van der Waals surface area contributed by atoms with Gasteiger partial charge in [0.2, 0.25) is 0 Å². The third-order valence-electron chi connectivity index (χ3n) is 19.6. The molecule has 0 atom stereocenters. The molecule has 0 N–H and O–H groups in total. The van der Waals surface area contributed by atoms with Gasteiger partial charge >= 0.3 is 0 Å². The van der Waals surface area contributed by atoms with E-state index in [2.05, 4.69) is 278 Å². The van der Waals surface area contributed by atoms with E-state index in [9.17, 15) is 0 Å². The fraction of sp³-hybridized carbons (Fsp3) is 0.146. The Kier molecular flexibility index (Phi) is 32.7. The zero-order chi connectivity index (χ0) is 77.5. The Morgan fingerprint density at radius 3 is 0.763 bits per heavy atom. The third kappa shape index (κ3) is 24.5. The molecule has 10 nitrogen and oxygen atoms in total. The maximum atomic E-state index is 5.11. The molecule has 0 aromatic heterocycles. The van der Waals surface area contributed by atoms with Crippen LogP contribution >= 0.6 is 0 Å². The van der Waals surface area contributed by atoms with Gasteiger partial charge in [-0.05, 0) is 196 Å². The van der Waals surface area contributed by atoms with Gasteiger partial charge in [-0.25, -0.2) is 20.0 Å². The van der Waals surface area contributed by atoms with E-state index in [4.69, 9.17) is 20.4 Å². The minimum Gasteiger partial charge on any atom is -0.372 e. The molecular weight excluding hydrogens is 1430 g/mol. The Balaban J connectivity index is 0.000000148. The average Bonchev–Trinajstić information content (AvgIpc) is 0.831. The van der Waals surface area contributed by atoms with Crippen molar-refractivity contribution in [2.24, 2.45) is 26.3 Å². The van der Waals surface area contributed by atoms with Crippen LogP contribution < -0.4 is 29.8 Å². The Morgan fingerprint density at radius 2 is 0.491 bits per heavy atom. The van der Waals surface area contributed by atoms with Crippen LogP contribution in [0.25, 0.3) is 0 Å². The minimum absolute atomic E-state index is 0. The van der Waals surface area contributed by atoms with Gasteiger partial charge in [0, 0.05) is 69.7 Å². The summed E-state index contributed by atoms with van der Waals surface area (Å²) >= 11 is 0. The van der Waals surface area contributed by atoms with Gasteiger partial charge < -0.3 is 9.80 Å². The number of benzene rings is 14. The normalized spacial score (nSPS) is 12.1. The summed E-state index contributed by atoms with van der Waals surface area (Å²) in [6.45, 7) is 8.56. The van der Waals surface area contributed by atoms with Crippen LogP contribution in [0.1, 0.15) is 101 Å². The first kappa shape index (κ1) is 82.1. The van der Waals surface area contributed by atoms with E-state index in [0.29, 0.717) is 5.92 Å². The number of rotatable bonds is 23. The Morgan fingerprint density at radius 1 is 0.263 bits per heavy atom. The number of hydrazone groups is 4. The van der Waals surface area contributed by atoms with E-state index >= 15 is 0 Å². The second-order valence-corrected chi connectivity index (χ2v) is 27.5. The molecule has 0 spiro atoms. The topological polar surface area (TPSA) is 68.9 Å². The summed E-state index contributed by atoms with van der Waals surface area (Å²) in [4.78, 5) is 4.59. The van der Waals surface area contributed by atoms with Gasteiger partial charge in [-0.1, -0.05) is 312 Å². The number of hydrogen-bond acceptors (Lipinski definition) is 10. The molecular formula is C103H102FeN10. The average molecular weight is 1540 g/mol. The molecule has 0 radical (unpaired) electrons. The van der Waals surface area contributed by atoms with E-state index in [1.165, 1.54) is 69.2 Å². The van der Waals surface area contributed by atoms with Crippen LogP contribution in [0.3, 0.4) is 0 Å². The summed E-state index contributed by atoms with van der Waals surface area (Å²) < 4.78 is 0. The first-order valence-electron chi connectivity index (χ1n) is 39.7. The van der Waals surface area contributed by atoms with Crippen LogP contribution in [0, 0.1) is 5.92 Å². The molecule has 14 aromatic rings. The fourth-order valence-corrected chi connectivity index (χ4v) is 13.6. The zero-order valence-electron chi connectivity index (χ0n) is 65.6. The van der Waals surface area contributed by atoms with Crippen LogP contribution in [0.4, 0.5) is 68.2 Å². The summed E-state index contributed by atoms with van der Waals surface area (Å²) in [6.07, 6.45) is 16.6. The van der Waals surface area contributed by atoms with Crippen molar-refractivity contribution < 1.29 is 17.1 Å². The molecule has 572 valence electrons. The van der Waals surface area contributed by atoms with E-state index in [1.807, 2.05) is 197 Å². The van der Waals surface area contributed by atoms with Crippen molar-refractivity contribution in [2.75, 3.05) is 42.9 Å². The second-order valence-electron chi connectivity index (χ2n) is 27.5. The SMILES string of the molecule is C(=N\N(c1ccccc1)c1ccccc1)/c1ccc(N(c2ccccc2)c2ccccc2)cc1.C/C(=N\N(c1ccccc1)c1ccccc1)C1CCCC1.C1CCCC1.CCN(CC)c1ccc(/C=N/N(c2ccccc2)c2ccccc2)cc1.[Fe].c1ccc(C(=NN(c2ccccc2)c2ccccc2)c2ccccc2)cc1. The van der Waals surface area contributed by atoms with Gasteiger partial charge in [-0.2, -0.15) is 20.4 Å². The molecule has 16 rings (SSSR count). The van der Waals surface area contributed by atoms with Crippen molar-refractivity contribution in [3.8, 4) is 0 Å². The van der Waals surface area contributed by atoms with Crippen LogP contribution in [-0.4, -0.2) is 36.9 Å². The van der Waals surface area contributed by atoms with Gasteiger partial charge in [0.1, 0.15) is 0 Å². The predicted octanol–water partition coefficient (Wildman–Crippen LogP) is 27.6. The van der Waals surface area contributed by atoms with Gasteiger partial charge in [0.05, 0.1) is 63.6 Å². The van der Waals surface area contributed by atoms with E-state index in [0.717, 1.165) is 104 Å². The molecule has 0 unspecified atom stereocenters.